The van der Waals surface area contributed by atoms with Crippen molar-refractivity contribution in [3.05, 3.63) is 65.5 Å². The standard InChI is InChI=1S/C22H27FN2O3S/c1-3-17-6-8-18(9-7-17)16(2)24-22(26)19-5-4-14-25(15-19)29(27,28)21-12-10-20(23)11-13-21/h6-13,16,19H,3-5,14-15H2,1-2H3,(H,24,26)/t16-,19+/m0/s1. The van der Waals surface area contributed by atoms with Crippen LogP contribution in [0.5, 0.6) is 0 Å². The van der Waals surface area contributed by atoms with Gasteiger partial charge in [-0.25, -0.2) is 12.8 Å². The molecule has 1 heterocycles. The Morgan fingerprint density at radius 3 is 2.45 bits per heavy atom. The van der Waals surface area contributed by atoms with Gasteiger partial charge in [-0.15, -0.1) is 0 Å². The van der Waals surface area contributed by atoms with Gasteiger partial charge in [0, 0.05) is 13.1 Å². The van der Waals surface area contributed by atoms with Gasteiger partial charge >= 0.3 is 0 Å². The molecule has 2 aromatic carbocycles. The molecule has 0 bridgehead atoms. The van der Waals surface area contributed by atoms with Crippen molar-refractivity contribution in [1.29, 1.82) is 0 Å². The topological polar surface area (TPSA) is 66.5 Å². The summed E-state index contributed by atoms with van der Waals surface area (Å²) >= 11 is 0. The first-order chi connectivity index (χ1) is 13.8. The normalized spacial score (nSPS) is 18.9. The Bertz CT molecular complexity index is 943. The lowest BCUT2D eigenvalue weighted by Gasteiger charge is -2.32. The van der Waals surface area contributed by atoms with Crippen molar-refractivity contribution >= 4 is 15.9 Å². The van der Waals surface area contributed by atoms with Gasteiger partial charge in [-0.1, -0.05) is 31.2 Å². The molecular weight excluding hydrogens is 391 g/mol. The smallest absolute Gasteiger partial charge is 0.243 e. The Morgan fingerprint density at radius 2 is 1.83 bits per heavy atom. The highest BCUT2D eigenvalue weighted by Gasteiger charge is 2.33. The van der Waals surface area contributed by atoms with Crippen LogP contribution in [0.4, 0.5) is 4.39 Å². The molecule has 1 aliphatic heterocycles. The molecule has 7 heteroatoms. The van der Waals surface area contributed by atoms with Crippen LogP contribution in [0.1, 0.15) is 43.9 Å². The average molecular weight is 419 g/mol. The minimum Gasteiger partial charge on any atom is -0.349 e. The van der Waals surface area contributed by atoms with Gasteiger partial charge < -0.3 is 5.32 Å². The summed E-state index contributed by atoms with van der Waals surface area (Å²) in [5.41, 5.74) is 2.25. The van der Waals surface area contributed by atoms with E-state index >= 15 is 0 Å². The number of nitrogens with one attached hydrogen (secondary N) is 1. The molecule has 5 nitrogen and oxygen atoms in total. The number of amides is 1. The van der Waals surface area contributed by atoms with Gasteiger partial charge in [0.1, 0.15) is 5.82 Å². The number of aryl methyl sites for hydroxylation is 1. The summed E-state index contributed by atoms with van der Waals surface area (Å²) in [6.07, 6.45) is 2.21. The maximum absolute atomic E-state index is 13.1. The van der Waals surface area contributed by atoms with Gasteiger partial charge in [-0.05, 0) is 61.6 Å². The van der Waals surface area contributed by atoms with Crippen LogP contribution in [0.3, 0.4) is 0 Å². The highest BCUT2D eigenvalue weighted by molar-refractivity contribution is 7.89. The van der Waals surface area contributed by atoms with Crippen molar-refractivity contribution < 1.29 is 17.6 Å². The number of hydrogen-bond acceptors (Lipinski definition) is 3. The molecule has 1 saturated heterocycles. The molecule has 2 aromatic rings. The van der Waals surface area contributed by atoms with Gasteiger partial charge in [0.05, 0.1) is 16.9 Å². The highest BCUT2D eigenvalue weighted by atomic mass is 32.2. The first-order valence-corrected chi connectivity index (χ1v) is 11.4. The highest BCUT2D eigenvalue weighted by Crippen LogP contribution is 2.25. The average Bonchev–Trinajstić information content (AvgIpc) is 2.74. The Labute approximate surface area is 172 Å². The van der Waals surface area contributed by atoms with E-state index in [1.54, 1.807) is 0 Å². The minimum absolute atomic E-state index is 0.0457. The molecule has 3 rings (SSSR count). The summed E-state index contributed by atoms with van der Waals surface area (Å²) in [7, 11) is -3.75. The Morgan fingerprint density at radius 1 is 1.17 bits per heavy atom. The van der Waals surface area contributed by atoms with E-state index in [1.807, 2.05) is 19.1 Å². The molecule has 0 aliphatic carbocycles. The molecule has 1 amide bonds. The Hall–Kier alpha value is -2.25. The Balaban J connectivity index is 1.66. The number of hydrogen-bond donors (Lipinski definition) is 1. The molecule has 0 unspecified atom stereocenters. The summed E-state index contributed by atoms with van der Waals surface area (Å²) in [6.45, 7) is 4.51. The maximum Gasteiger partial charge on any atom is 0.243 e. The molecule has 0 radical (unpaired) electrons. The van der Waals surface area contributed by atoms with Crippen LogP contribution in [0.15, 0.2) is 53.4 Å². The zero-order chi connectivity index (χ0) is 21.0. The minimum atomic E-state index is -3.75. The van der Waals surface area contributed by atoms with Crippen LogP contribution in [-0.2, 0) is 21.2 Å². The molecule has 1 aliphatic rings. The summed E-state index contributed by atoms with van der Waals surface area (Å²) in [4.78, 5) is 12.8. The Kier molecular flexibility index (Phi) is 6.70. The van der Waals surface area contributed by atoms with E-state index in [0.29, 0.717) is 19.4 Å². The van der Waals surface area contributed by atoms with E-state index in [-0.39, 0.29) is 23.4 Å². The van der Waals surface area contributed by atoms with E-state index in [9.17, 15) is 17.6 Å². The first kappa shape index (κ1) is 21.5. The predicted octanol–water partition coefficient (Wildman–Crippen LogP) is 3.67. The van der Waals surface area contributed by atoms with E-state index < -0.39 is 21.8 Å². The molecule has 1 fully saturated rings. The van der Waals surface area contributed by atoms with Crippen molar-refractivity contribution in [2.45, 2.75) is 44.0 Å². The summed E-state index contributed by atoms with van der Waals surface area (Å²) < 4.78 is 40.1. The number of benzene rings is 2. The third-order valence-corrected chi connectivity index (χ3v) is 7.33. The number of piperidine rings is 1. The molecule has 156 valence electrons. The van der Waals surface area contributed by atoms with Crippen molar-refractivity contribution in [3.8, 4) is 0 Å². The molecule has 0 spiro atoms. The fourth-order valence-electron chi connectivity index (χ4n) is 3.59. The quantitative estimate of drug-likeness (QED) is 0.778. The van der Waals surface area contributed by atoms with Crippen molar-refractivity contribution in [3.63, 3.8) is 0 Å². The third kappa shape index (κ3) is 5.03. The molecule has 0 aromatic heterocycles. The number of nitrogens with zero attached hydrogens (tertiary/aromatic N) is 1. The fourth-order valence-corrected chi connectivity index (χ4v) is 5.11. The van der Waals surface area contributed by atoms with Crippen molar-refractivity contribution in [2.24, 2.45) is 5.92 Å². The predicted molar refractivity (Wildman–Crippen MR) is 110 cm³/mol. The second-order valence-electron chi connectivity index (χ2n) is 7.48. The zero-order valence-corrected chi connectivity index (χ0v) is 17.6. The monoisotopic (exact) mass is 418 g/mol. The lowest BCUT2D eigenvalue weighted by molar-refractivity contribution is -0.126. The number of carbonyl (C=O) groups is 1. The van der Waals surface area contributed by atoms with Crippen LogP contribution in [0, 0.1) is 11.7 Å². The van der Waals surface area contributed by atoms with Crippen molar-refractivity contribution in [1.82, 2.24) is 9.62 Å². The molecule has 0 saturated carbocycles. The molecule has 1 N–H and O–H groups in total. The van der Waals surface area contributed by atoms with Crippen LogP contribution < -0.4 is 5.32 Å². The zero-order valence-electron chi connectivity index (χ0n) is 16.8. The van der Waals surface area contributed by atoms with Gasteiger partial charge in [-0.3, -0.25) is 4.79 Å². The summed E-state index contributed by atoms with van der Waals surface area (Å²) in [5.74, 6) is -1.03. The second kappa shape index (κ2) is 9.05. The van der Waals surface area contributed by atoms with E-state index in [0.717, 1.165) is 24.1 Å². The van der Waals surface area contributed by atoms with E-state index in [2.05, 4.69) is 24.4 Å². The van der Waals surface area contributed by atoms with E-state index in [4.69, 9.17) is 0 Å². The fraction of sp³-hybridized carbons (Fsp3) is 0.409. The lowest BCUT2D eigenvalue weighted by atomic mass is 9.97. The number of carbonyl (C=O) groups excluding carboxylic acids is 1. The van der Waals surface area contributed by atoms with Gasteiger partial charge in [0.15, 0.2) is 0 Å². The van der Waals surface area contributed by atoms with Crippen molar-refractivity contribution in [2.75, 3.05) is 13.1 Å². The maximum atomic E-state index is 13.1. The lowest BCUT2D eigenvalue weighted by Crippen LogP contribution is -2.45. The van der Waals surface area contributed by atoms with Gasteiger partial charge in [-0.2, -0.15) is 4.31 Å². The molecule has 29 heavy (non-hydrogen) atoms. The van der Waals surface area contributed by atoms with Crippen LogP contribution in [0.25, 0.3) is 0 Å². The molecular formula is C22H27FN2O3S. The summed E-state index contributed by atoms with van der Waals surface area (Å²) in [5, 5.41) is 3.01. The third-order valence-electron chi connectivity index (χ3n) is 5.45. The van der Waals surface area contributed by atoms with Gasteiger partial charge in [0.25, 0.3) is 0 Å². The summed E-state index contributed by atoms with van der Waals surface area (Å²) in [6, 6.07) is 12.8. The van der Waals surface area contributed by atoms with Crippen LogP contribution >= 0.6 is 0 Å². The SMILES string of the molecule is CCc1ccc([C@H](C)NC(=O)[C@@H]2CCCN(S(=O)(=O)c3ccc(F)cc3)C2)cc1. The second-order valence-corrected chi connectivity index (χ2v) is 9.42. The van der Waals surface area contributed by atoms with E-state index in [1.165, 1.54) is 22.0 Å². The first-order valence-electron chi connectivity index (χ1n) is 9.96. The number of sulfonamides is 1. The molecule has 2 atom stereocenters. The number of halogens is 1. The number of rotatable bonds is 6. The van der Waals surface area contributed by atoms with Crippen LogP contribution in [-0.4, -0.2) is 31.7 Å². The largest absolute Gasteiger partial charge is 0.349 e. The van der Waals surface area contributed by atoms with Crippen LogP contribution in [0.2, 0.25) is 0 Å². The van der Waals surface area contributed by atoms with Gasteiger partial charge in [0.2, 0.25) is 15.9 Å².